The van der Waals surface area contributed by atoms with E-state index in [-0.39, 0.29) is 17.3 Å². The number of halogens is 1. The van der Waals surface area contributed by atoms with Crippen molar-refractivity contribution in [2.75, 3.05) is 5.32 Å². The summed E-state index contributed by atoms with van der Waals surface area (Å²) in [6, 6.07) is 12.0. The van der Waals surface area contributed by atoms with Crippen molar-refractivity contribution in [3.63, 3.8) is 0 Å². The Bertz CT molecular complexity index is 688. The van der Waals surface area contributed by atoms with Crippen LogP contribution in [0, 0.1) is 5.82 Å². The van der Waals surface area contributed by atoms with Gasteiger partial charge in [0.15, 0.2) is 0 Å². The van der Waals surface area contributed by atoms with Crippen LogP contribution in [0.2, 0.25) is 0 Å². The summed E-state index contributed by atoms with van der Waals surface area (Å²) in [5.74, 6) is -1.69. The molecule has 4 nitrogen and oxygen atoms in total. The van der Waals surface area contributed by atoms with Crippen LogP contribution in [0.1, 0.15) is 17.3 Å². The summed E-state index contributed by atoms with van der Waals surface area (Å²) >= 11 is 1.16. The minimum atomic E-state index is -1.03. The molecule has 0 heterocycles. The normalized spacial score (nSPS) is 11.7. The first-order valence-electron chi connectivity index (χ1n) is 6.53. The summed E-state index contributed by atoms with van der Waals surface area (Å²) in [6.07, 6.45) is 0. The van der Waals surface area contributed by atoms with Crippen LogP contribution in [-0.2, 0) is 4.79 Å². The number of hydrogen-bond acceptors (Lipinski definition) is 3. The van der Waals surface area contributed by atoms with Gasteiger partial charge in [0.05, 0.1) is 10.8 Å². The molecular formula is C16H14FNO3S. The highest BCUT2D eigenvalue weighted by molar-refractivity contribution is 8.00. The first-order chi connectivity index (χ1) is 10.5. The number of carboxylic acids is 1. The number of thioether (sulfide) groups is 1. The number of carbonyl (C=O) groups excluding carboxylic acids is 1. The van der Waals surface area contributed by atoms with Crippen LogP contribution >= 0.6 is 11.8 Å². The maximum absolute atomic E-state index is 12.8. The molecule has 0 aliphatic rings. The van der Waals surface area contributed by atoms with Gasteiger partial charge in [0.25, 0.3) is 0 Å². The van der Waals surface area contributed by atoms with E-state index < -0.39 is 11.2 Å². The lowest BCUT2D eigenvalue weighted by Gasteiger charge is -2.13. The number of carbonyl (C=O) groups is 2. The van der Waals surface area contributed by atoms with E-state index >= 15 is 0 Å². The summed E-state index contributed by atoms with van der Waals surface area (Å²) in [5, 5.41) is 11.3. The highest BCUT2D eigenvalue weighted by atomic mass is 32.2. The minimum absolute atomic E-state index is 0.161. The number of amides is 1. The predicted molar refractivity (Wildman–Crippen MR) is 83.8 cm³/mol. The fraction of sp³-hybridized carbons (Fsp3) is 0.125. The van der Waals surface area contributed by atoms with Crippen LogP contribution in [0.3, 0.4) is 0 Å². The minimum Gasteiger partial charge on any atom is -0.478 e. The second-order valence-electron chi connectivity index (χ2n) is 4.56. The second-order valence-corrected chi connectivity index (χ2v) is 5.94. The Morgan fingerprint density at radius 2 is 1.77 bits per heavy atom. The van der Waals surface area contributed by atoms with Gasteiger partial charge in [-0.3, -0.25) is 4.79 Å². The van der Waals surface area contributed by atoms with Crippen LogP contribution in [-0.4, -0.2) is 22.2 Å². The van der Waals surface area contributed by atoms with E-state index in [9.17, 15) is 14.0 Å². The first-order valence-corrected chi connectivity index (χ1v) is 7.41. The average molecular weight is 319 g/mol. The Morgan fingerprint density at radius 3 is 2.41 bits per heavy atom. The fourth-order valence-electron chi connectivity index (χ4n) is 1.77. The Hall–Kier alpha value is -2.34. The smallest absolute Gasteiger partial charge is 0.336 e. The van der Waals surface area contributed by atoms with Crippen molar-refractivity contribution in [1.29, 1.82) is 0 Å². The monoisotopic (exact) mass is 319 g/mol. The van der Waals surface area contributed by atoms with E-state index in [0.29, 0.717) is 10.6 Å². The van der Waals surface area contributed by atoms with E-state index in [1.807, 2.05) is 0 Å². The zero-order valence-corrected chi connectivity index (χ0v) is 12.6. The number of rotatable bonds is 5. The van der Waals surface area contributed by atoms with Gasteiger partial charge < -0.3 is 10.4 Å². The van der Waals surface area contributed by atoms with Crippen LogP contribution < -0.4 is 5.32 Å². The number of aromatic carboxylic acids is 1. The molecule has 1 amide bonds. The van der Waals surface area contributed by atoms with Gasteiger partial charge in [-0.2, -0.15) is 0 Å². The maximum Gasteiger partial charge on any atom is 0.336 e. The molecule has 2 aromatic rings. The molecule has 2 N–H and O–H groups in total. The standard InChI is InChI=1S/C16H14FNO3S/c1-10(15(19)18-12-8-6-11(17)7-9-12)22-14-5-3-2-4-13(14)16(20)21/h2-10H,1H3,(H,18,19)(H,20,21)/t10-/m1/s1. The predicted octanol–water partition coefficient (Wildman–Crippen LogP) is 3.64. The number of nitrogens with one attached hydrogen (secondary N) is 1. The van der Waals surface area contributed by atoms with Crippen molar-refractivity contribution in [3.05, 3.63) is 59.9 Å². The van der Waals surface area contributed by atoms with E-state index in [4.69, 9.17) is 5.11 Å². The van der Waals surface area contributed by atoms with Crippen molar-refractivity contribution in [1.82, 2.24) is 0 Å². The van der Waals surface area contributed by atoms with Crippen molar-refractivity contribution < 1.29 is 19.1 Å². The van der Waals surface area contributed by atoms with Crippen LogP contribution in [0.25, 0.3) is 0 Å². The Labute approximate surface area is 131 Å². The third-order valence-electron chi connectivity index (χ3n) is 2.90. The van der Waals surface area contributed by atoms with Gasteiger partial charge >= 0.3 is 5.97 Å². The molecule has 0 aliphatic carbocycles. The summed E-state index contributed by atoms with van der Waals surface area (Å²) in [7, 11) is 0. The molecule has 0 aliphatic heterocycles. The van der Waals surface area contributed by atoms with Gasteiger partial charge in [-0.05, 0) is 43.3 Å². The molecule has 0 spiro atoms. The molecule has 0 aromatic heterocycles. The lowest BCUT2D eigenvalue weighted by Crippen LogP contribution is -2.22. The van der Waals surface area contributed by atoms with Gasteiger partial charge in [-0.1, -0.05) is 12.1 Å². The summed E-state index contributed by atoms with van der Waals surface area (Å²) in [4.78, 5) is 23.8. The van der Waals surface area contributed by atoms with Gasteiger partial charge in [-0.25, -0.2) is 9.18 Å². The van der Waals surface area contributed by atoms with Gasteiger partial charge in [-0.15, -0.1) is 11.8 Å². The van der Waals surface area contributed by atoms with Crippen molar-refractivity contribution in [2.24, 2.45) is 0 Å². The van der Waals surface area contributed by atoms with Crippen molar-refractivity contribution in [3.8, 4) is 0 Å². The maximum atomic E-state index is 12.8. The first kappa shape index (κ1) is 16.0. The van der Waals surface area contributed by atoms with Gasteiger partial charge in [0.2, 0.25) is 5.91 Å². The number of anilines is 1. The molecule has 0 fully saturated rings. The fourth-order valence-corrected chi connectivity index (χ4v) is 2.75. The summed E-state index contributed by atoms with van der Waals surface area (Å²) in [5.41, 5.74) is 0.652. The average Bonchev–Trinajstić information content (AvgIpc) is 2.49. The molecule has 2 rings (SSSR count). The topological polar surface area (TPSA) is 66.4 Å². The molecule has 0 saturated heterocycles. The molecule has 0 unspecified atom stereocenters. The van der Waals surface area contributed by atoms with Gasteiger partial charge in [0.1, 0.15) is 5.82 Å². The Kier molecular flexibility index (Phi) is 5.16. The molecule has 22 heavy (non-hydrogen) atoms. The van der Waals surface area contributed by atoms with E-state index in [1.54, 1.807) is 25.1 Å². The number of benzene rings is 2. The molecular weight excluding hydrogens is 305 g/mol. The highest BCUT2D eigenvalue weighted by Gasteiger charge is 2.18. The Balaban J connectivity index is 2.05. The lowest BCUT2D eigenvalue weighted by atomic mass is 10.2. The molecule has 114 valence electrons. The van der Waals surface area contributed by atoms with E-state index in [2.05, 4.69) is 5.32 Å². The van der Waals surface area contributed by atoms with Crippen LogP contribution in [0.4, 0.5) is 10.1 Å². The quantitative estimate of drug-likeness (QED) is 0.826. The molecule has 2 aromatic carbocycles. The SMILES string of the molecule is C[C@@H](Sc1ccccc1C(=O)O)C(=O)Nc1ccc(F)cc1. The summed E-state index contributed by atoms with van der Waals surface area (Å²) < 4.78 is 12.8. The molecule has 0 saturated carbocycles. The van der Waals surface area contributed by atoms with Gasteiger partial charge in [0, 0.05) is 10.6 Å². The third-order valence-corrected chi connectivity index (χ3v) is 4.08. The third kappa shape index (κ3) is 4.08. The van der Waals surface area contributed by atoms with E-state index in [0.717, 1.165) is 11.8 Å². The van der Waals surface area contributed by atoms with E-state index in [1.165, 1.54) is 30.3 Å². The zero-order chi connectivity index (χ0) is 16.1. The highest BCUT2D eigenvalue weighted by Crippen LogP contribution is 2.27. The Morgan fingerprint density at radius 1 is 1.14 bits per heavy atom. The lowest BCUT2D eigenvalue weighted by molar-refractivity contribution is -0.115. The van der Waals surface area contributed by atoms with Crippen molar-refractivity contribution in [2.45, 2.75) is 17.1 Å². The number of hydrogen-bond donors (Lipinski definition) is 2. The summed E-state index contributed by atoms with van der Waals surface area (Å²) in [6.45, 7) is 1.68. The second kappa shape index (κ2) is 7.09. The molecule has 1 atom stereocenters. The molecule has 0 bridgehead atoms. The van der Waals surface area contributed by atoms with Crippen LogP contribution in [0.15, 0.2) is 53.4 Å². The van der Waals surface area contributed by atoms with Crippen LogP contribution in [0.5, 0.6) is 0 Å². The molecule has 0 radical (unpaired) electrons. The molecule has 6 heteroatoms. The number of carboxylic acid groups (broad SMARTS) is 1. The van der Waals surface area contributed by atoms with Crippen molar-refractivity contribution >= 4 is 29.3 Å². The largest absolute Gasteiger partial charge is 0.478 e. The zero-order valence-electron chi connectivity index (χ0n) is 11.7.